The van der Waals surface area contributed by atoms with Crippen molar-refractivity contribution in [2.75, 3.05) is 5.32 Å². The van der Waals surface area contributed by atoms with Gasteiger partial charge in [-0.05, 0) is 56.8 Å². The second-order valence-corrected chi connectivity index (χ2v) is 12.6. The summed E-state index contributed by atoms with van der Waals surface area (Å²) in [5.74, 6) is 0.723. The van der Waals surface area contributed by atoms with Gasteiger partial charge in [-0.25, -0.2) is 9.97 Å². The highest BCUT2D eigenvalue weighted by Crippen LogP contribution is 2.51. The molecule has 9 rings (SSSR count). The van der Waals surface area contributed by atoms with Crippen molar-refractivity contribution in [1.82, 2.24) is 9.97 Å². The largest absolute Gasteiger partial charge is 0.368 e. The lowest BCUT2D eigenvalue weighted by Crippen LogP contribution is -2.01. The SMILES string of the molecule is c1ccc(-c2cc(-c3ccccc3)nc(-c3ccc4c(ccc5ccc6c(c54)NC(c4ccc5ccccc5c4)S6)c3)n2)cc1. The molecule has 45 heavy (non-hydrogen) atoms. The van der Waals surface area contributed by atoms with Crippen molar-refractivity contribution in [1.29, 1.82) is 0 Å². The lowest BCUT2D eigenvalue weighted by atomic mass is 9.98. The van der Waals surface area contributed by atoms with Crippen LogP contribution in [0.4, 0.5) is 5.69 Å². The zero-order valence-electron chi connectivity index (χ0n) is 24.3. The molecular weight excluding hydrogens is 567 g/mol. The summed E-state index contributed by atoms with van der Waals surface area (Å²) in [5, 5.41) is 11.5. The topological polar surface area (TPSA) is 37.8 Å². The fourth-order valence-corrected chi connectivity index (χ4v) is 7.56. The highest BCUT2D eigenvalue weighted by molar-refractivity contribution is 8.00. The Balaban J connectivity index is 1.15. The molecule has 2 heterocycles. The molecular formula is C41H27N3S. The van der Waals surface area contributed by atoms with E-state index in [1.165, 1.54) is 48.5 Å². The smallest absolute Gasteiger partial charge is 0.160 e. The first-order valence-corrected chi connectivity index (χ1v) is 16.1. The number of thioether (sulfide) groups is 1. The molecule has 0 radical (unpaired) electrons. The van der Waals surface area contributed by atoms with E-state index in [0.29, 0.717) is 0 Å². The van der Waals surface area contributed by atoms with Crippen molar-refractivity contribution in [2.45, 2.75) is 10.3 Å². The predicted octanol–water partition coefficient (Wildman–Crippen LogP) is 11.2. The maximum absolute atomic E-state index is 5.06. The molecule has 1 aromatic heterocycles. The number of rotatable bonds is 4. The molecule has 1 aliphatic heterocycles. The van der Waals surface area contributed by atoms with Crippen LogP contribution in [0.5, 0.6) is 0 Å². The molecule has 0 bridgehead atoms. The van der Waals surface area contributed by atoms with E-state index in [-0.39, 0.29) is 5.37 Å². The van der Waals surface area contributed by atoms with Gasteiger partial charge in [0.25, 0.3) is 0 Å². The molecule has 0 aliphatic carbocycles. The monoisotopic (exact) mass is 593 g/mol. The first-order chi connectivity index (χ1) is 22.3. The Morgan fingerprint density at radius 2 is 1.13 bits per heavy atom. The maximum Gasteiger partial charge on any atom is 0.160 e. The average molecular weight is 594 g/mol. The summed E-state index contributed by atoms with van der Waals surface area (Å²) in [6.07, 6.45) is 0. The number of benzene rings is 7. The predicted molar refractivity (Wildman–Crippen MR) is 190 cm³/mol. The van der Waals surface area contributed by atoms with Crippen LogP contribution in [0, 0.1) is 0 Å². The van der Waals surface area contributed by atoms with Crippen molar-refractivity contribution in [3.05, 3.63) is 157 Å². The van der Waals surface area contributed by atoms with Crippen LogP contribution < -0.4 is 5.32 Å². The van der Waals surface area contributed by atoms with Gasteiger partial charge in [0, 0.05) is 27.0 Å². The molecule has 7 aromatic carbocycles. The minimum absolute atomic E-state index is 0.162. The Morgan fingerprint density at radius 3 is 1.89 bits per heavy atom. The van der Waals surface area contributed by atoms with Crippen LogP contribution >= 0.6 is 11.8 Å². The van der Waals surface area contributed by atoms with Gasteiger partial charge in [0.15, 0.2) is 5.82 Å². The fourth-order valence-electron chi connectivity index (χ4n) is 6.42. The van der Waals surface area contributed by atoms with E-state index in [1.54, 1.807) is 0 Å². The lowest BCUT2D eigenvalue weighted by molar-refractivity contribution is 1.14. The van der Waals surface area contributed by atoms with Crippen molar-refractivity contribution in [2.24, 2.45) is 0 Å². The van der Waals surface area contributed by atoms with Gasteiger partial charge in [-0.2, -0.15) is 0 Å². The van der Waals surface area contributed by atoms with Crippen molar-refractivity contribution in [3.8, 4) is 33.9 Å². The number of fused-ring (bicyclic) bond motifs is 6. The second kappa shape index (κ2) is 10.6. The average Bonchev–Trinajstić information content (AvgIpc) is 3.56. The third kappa shape index (κ3) is 4.62. The molecule has 1 N–H and O–H groups in total. The van der Waals surface area contributed by atoms with E-state index >= 15 is 0 Å². The Labute approximate surface area is 265 Å². The van der Waals surface area contributed by atoms with Crippen LogP contribution in [0.25, 0.3) is 66.2 Å². The van der Waals surface area contributed by atoms with Crippen LogP contribution in [-0.2, 0) is 0 Å². The van der Waals surface area contributed by atoms with Crippen LogP contribution in [0.15, 0.2) is 157 Å². The van der Waals surface area contributed by atoms with Gasteiger partial charge in [0.05, 0.1) is 17.1 Å². The van der Waals surface area contributed by atoms with E-state index < -0.39 is 0 Å². The van der Waals surface area contributed by atoms with Gasteiger partial charge in [0.1, 0.15) is 5.37 Å². The summed E-state index contributed by atoms with van der Waals surface area (Å²) in [7, 11) is 0. The number of nitrogens with one attached hydrogen (secondary N) is 1. The number of hydrogen-bond donors (Lipinski definition) is 1. The van der Waals surface area contributed by atoms with Gasteiger partial charge in [-0.15, -0.1) is 0 Å². The zero-order chi connectivity index (χ0) is 29.7. The Kier molecular flexibility index (Phi) is 6.13. The second-order valence-electron chi connectivity index (χ2n) is 11.5. The summed E-state index contributed by atoms with van der Waals surface area (Å²) >= 11 is 1.89. The quantitative estimate of drug-likeness (QED) is 0.206. The number of aromatic nitrogens is 2. The molecule has 0 fully saturated rings. The van der Waals surface area contributed by atoms with E-state index in [0.717, 1.165) is 33.9 Å². The van der Waals surface area contributed by atoms with Gasteiger partial charge in [-0.3, -0.25) is 0 Å². The van der Waals surface area contributed by atoms with Crippen LogP contribution in [0.2, 0.25) is 0 Å². The fraction of sp³-hybridized carbons (Fsp3) is 0.0244. The molecule has 1 aliphatic rings. The van der Waals surface area contributed by atoms with E-state index in [2.05, 4.69) is 145 Å². The van der Waals surface area contributed by atoms with Gasteiger partial charge in [0.2, 0.25) is 0 Å². The maximum atomic E-state index is 5.06. The normalized spacial score (nSPS) is 14.1. The molecule has 0 spiro atoms. The first-order valence-electron chi connectivity index (χ1n) is 15.2. The zero-order valence-corrected chi connectivity index (χ0v) is 25.1. The molecule has 3 nitrogen and oxygen atoms in total. The third-order valence-electron chi connectivity index (χ3n) is 8.68. The summed E-state index contributed by atoms with van der Waals surface area (Å²) in [6.45, 7) is 0. The standard InChI is InChI=1S/C41H27N3S/c1-3-10-27(11-4-1)35-25-36(28-12-5-2-6-13-28)43-40(42-35)32-19-21-34-31(24-32)17-16-29-20-22-37-39(38(29)34)44-41(45-37)33-18-15-26-9-7-8-14-30(26)23-33/h1-25,41,44H. The number of hydrogen-bond acceptors (Lipinski definition) is 4. The molecule has 4 heteroatoms. The highest BCUT2D eigenvalue weighted by atomic mass is 32.2. The molecule has 0 amide bonds. The third-order valence-corrected chi connectivity index (χ3v) is 9.90. The lowest BCUT2D eigenvalue weighted by Gasteiger charge is -2.14. The van der Waals surface area contributed by atoms with Crippen molar-refractivity contribution < 1.29 is 0 Å². The molecule has 1 unspecified atom stereocenters. The Morgan fingerprint density at radius 1 is 0.489 bits per heavy atom. The van der Waals surface area contributed by atoms with Gasteiger partial charge < -0.3 is 5.32 Å². The minimum Gasteiger partial charge on any atom is -0.368 e. The summed E-state index contributed by atoms with van der Waals surface area (Å²) in [4.78, 5) is 11.4. The minimum atomic E-state index is 0.162. The van der Waals surface area contributed by atoms with E-state index in [9.17, 15) is 0 Å². The highest BCUT2D eigenvalue weighted by Gasteiger charge is 2.26. The van der Waals surface area contributed by atoms with Crippen molar-refractivity contribution >= 4 is 49.8 Å². The summed E-state index contributed by atoms with van der Waals surface area (Å²) in [5.41, 5.74) is 7.47. The van der Waals surface area contributed by atoms with E-state index in [4.69, 9.17) is 9.97 Å². The molecule has 212 valence electrons. The molecule has 8 aromatic rings. The first kappa shape index (κ1) is 26.0. The molecule has 0 saturated carbocycles. The van der Waals surface area contributed by atoms with Crippen molar-refractivity contribution in [3.63, 3.8) is 0 Å². The molecule has 1 atom stereocenters. The summed E-state index contributed by atoms with van der Waals surface area (Å²) in [6, 6.07) is 53.7. The molecule has 0 saturated heterocycles. The number of anilines is 1. The van der Waals surface area contributed by atoms with Crippen LogP contribution in [0.3, 0.4) is 0 Å². The van der Waals surface area contributed by atoms with E-state index in [1.807, 2.05) is 23.9 Å². The van der Waals surface area contributed by atoms with Gasteiger partial charge >= 0.3 is 0 Å². The number of nitrogens with zero attached hydrogens (tertiary/aromatic N) is 2. The van der Waals surface area contributed by atoms with Gasteiger partial charge in [-0.1, -0.05) is 139 Å². The van der Waals surface area contributed by atoms with Crippen LogP contribution in [-0.4, -0.2) is 9.97 Å². The Hall–Kier alpha value is -5.45. The van der Waals surface area contributed by atoms with Crippen LogP contribution in [0.1, 0.15) is 10.9 Å². The summed E-state index contributed by atoms with van der Waals surface area (Å²) < 4.78 is 0. The Bertz CT molecular complexity index is 2330.